The molecular formula is C13H17N3OS. The molecule has 0 aliphatic carbocycles. The number of hydrogen-bond donors (Lipinski definition) is 1. The van der Waals surface area contributed by atoms with Crippen molar-refractivity contribution in [2.45, 2.75) is 18.9 Å². The van der Waals surface area contributed by atoms with E-state index in [0.717, 1.165) is 40.6 Å². The van der Waals surface area contributed by atoms with Crippen LogP contribution >= 0.6 is 11.3 Å². The predicted octanol–water partition coefficient (Wildman–Crippen LogP) is 2.49. The van der Waals surface area contributed by atoms with E-state index in [9.17, 15) is 0 Å². The maximum atomic E-state index is 5.79. The van der Waals surface area contributed by atoms with E-state index in [1.807, 2.05) is 18.2 Å². The van der Waals surface area contributed by atoms with Gasteiger partial charge in [0.05, 0.1) is 16.3 Å². The van der Waals surface area contributed by atoms with Crippen molar-refractivity contribution in [1.82, 2.24) is 4.98 Å². The molecule has 0 amide bonds. The fourth-order valence-electron chi connectivity index (χ4n) is 2.26. The number of thiazole rings is 1. The average molecular weight is 263 g/mol. The lowest BCUT2D eigenvalue weighted by molar-refractivity contribution is 0.116. The summed E-state index contributed by atoms with van der Waals surface area (Å²) in [6.45, 7) is 1.81. The standard InChI is InChI=1S/C13H17N3OS/c1-16(8-10-3-2-6-17-10)13-15-11-5-4-9(14)7-12(11)18-13/h4-5,7,10H,2-3,6,8,14H2,1H3. The molecule has 2 heterocycles. The quantitative estimate of drug-likeness (QED) is 0.864. The number of rotatable bonds is 3. The van der Waals surface area contributed by atoms with Crippen LogP contribution in [0.5, 0.6) is 0 Å². The van der Waals surface area contributed by atoms with Gasteiger partial charge in [0.15, 0.2) is 5.13 Å². The molecule has 18 heavy (non-hydrogen) atoms. The summed E-state index contributed by atoms with van der Waals surface area (Å²) in [5, 5.41) is 1.03. The molecule has 1 atom stereocenters. The lowest BCUT2D eigenvalue weighted by atomic mass is 10.2. The van der Waals surface area contributed by atoms with Gasteiger partial charge in [-0.25, -0.2) is 4.98 Å². The summed E-state index contributed by atoms with van der Waals surface area (Å²) in [5.74, 6) is 0. The van der Waals surface area contributed by atoms with Crippen molar-refractivity contribution in [1.29, 1.82) is 0 Å². The molecule has 0 radical (unpaired) electrons. The van der Waals surface area contributed by atoms with E-state index in [2.05, 4.69) is 16.9 Å². The maximum Gasteiger partial charge on any atom is 0.186 e. The Kier molecular flexibility index (Phi) is 3.09. The van der Waals surface area contributed by atoms with Gasteiger partial charge in [-0.1, -0.05) is 11.3 Å². The summed E-state index contributed by atoms with van der Waals surface area (Å²) in [4.78, 5) is 6.81. The van der Waals surface area contributed by atoms with Crippen molar-refractivity contribution in [3.63, 3.8) is 0 Å². The molecule has 4 nitrogen and oxygen atoms in total. The van der Waals surface area contributed by atoms with E-state index < -0.39 is 0 Å². The molecule has 1 fully saturated rings. The zero-order valence-electron chi connectivity index (χ0n) is 10.4. The minimum atomic E-state index is 0.354. The van der Waals surface area contributed by atoms with Crippen LogP contribution in [0.3, 0.4) is 0 Å². The van der Waals surface area contributed by atoms with Crippen LogP contribution in [-0.2, 0) is 4.74 Å². The molecule has 0 bridgehead atoms. The van der Waals surface area contributed by atoms with Crippen molar-refractivity contribution in [3.8, 4) is 0 Å². The predicted molar refractivity (Wildman–Crippen MR) is 76.3 cm³/mol. The molecule has 1 aromatic carbocycles. The van der Waals surface area contributed by atoms with Crippen molar-refractivity contribution in [2.24, 2.45) is 0 Å². The molecule has 0 spiro atoms. The highest BCUT2D eigenvalue weighted by Crippen LogP contribution is 2.30. The second-order valence-electron chi connectivity index (χ2n) is 4.74. The monoisotopic (exact) mass is 263 g/mol. The fraction of sp³-hybridized carbons (Fsp3) is 0.462. The molecule has 96 valence electrons. The van der Waals surface area contributed by atoms with Gasteiger partial charge in [0, 0.05) is 25.9 Å². The molecule has 1 unspecified atom stereocenters. The van der Waals surface area contributed by atoms with E-state index in [4.69, 9.17) is 10.5 Å². The zero-order chi connectivity index (χ0) is 12.5. The summed E-state index contributed by atoms with van der Waals surface area (Å²) < 4.78 is 6.80. The SMILES string of the molecule is CN(CC1CCCO1)c1nc2ccc(N)cc2s1. The van der Waals surface area contributed by atoms with Crippen LogP contribution in [0.1, 0.15) is 12.8 Å². The minimum Gasteiger partial charge on any atom is -0.399 e. The van der Waals surface area contributed by atoms with Gasteiger partial charge in [0.25, 0.3) is 0 Å². The van der Waals surface area contributed by atoms with Crippen LogP contribution in [0.25, 0.3) is 10.2 Å². The van der Waals surface area contributed by atoms with E-state index in [-0.39, 0.29) is 0 Å². The number of likely N-dealkylation sites (N-methyl/N-ethyl adjacent to an activating group) is 1. The number of nitrogens with zero attached hydrogens (tertiary/aromatic N) is 2. The molecule has 2 N–H and O–H groups in total. The number of benzene rings is 1. The van der Waals surface area contributed by atoms with Crippen molar-refractivity contribution < 1.29 is 4.74 Å². The molecule has 5 heteroatoms. The Hall–Kier alpha value is -1.33. The van der Waals surface area contributed by atoms with Crippen LogP contribution in [0, 0.1) is 0 Å². The van der Waals surface area contributed by atoms with Crippen LogP contribution in [-0.4, -0.2) is 31.3 Å². The Labute approximate surface area is 110 Å². The van der Waals surface area contributed by atoms with Gasteiger partial charge in [-0.15, -0.1) is 0 Å². The summed E-state index contributed by atoms with van der Waals surface area (Å²) in [6.07, 6.45) is 2.68. The smallest absolute Gasteiger partial charge is 0.186 e. The topological polar surface area (TPSA) is 51.4 Å². The first-order valence-corrected chi connectivity index (χ1v) is 7.03. The molecule has 1 aromatic heterocycles. The van der Waals surface area contributed by atoms with Crippen LogP contribution in [0.2, 0.25) is 0 Å². The number of anilines is 2. The fourth-order valence-corrected chi connectivity index (χ4v) is 3.25. The van der Waals surface area contributed by atoms with Crippen molar-refractivity contribution in [2.75, 3.05) is 30.8 Å². The molecule has 3 rings (SSSR count). The lowest BCUT2D eigenvalue weighted by Crippen LogP contribution is -2.28. The third kappa shape index (κ3) is 2.28. The number of fused-ring (bicyclic) bond motifs is 1. The van der Waals surface area contributed by atoms with E-state index in [0.29, 0.717) is 6.10 Å². The molecule has 2 aromatic rings. The molecule has 1 saturated heterocycles. The van der Waals surface area contributed by atoms with Gasteiger partial charge < -0.3 is 15.4 Å². The average Bonchev–Trinajstić information content (AvgIpc) is 2.96. The van der Waals surface area contributed by atoms with E-state index >= 15 is 0 Å². The Morgan fingerprint density at radius 2 is 2.44 bits per heavy atom. The number of nitrogens with two attached hydrogens (primary N) is 1. The molecule has 1 aliphatic rings. The normalized spacial score (nSPS) is 19.5. The maximum absolute atomic E-state index is 5.79. The molecule has 0 saturated carbocycles. The number of ether oxygens (including phenoxy) is 1. The Bertz CT molecular complexity index is 548. The number of hydrogen-bond acceptors (Lipinski definition) is 5. The number of aromatic nitrogens is 1. The van der Waals surface area contributed by atoms with Gasteiger partial charge in [-0.3, -0.25) is 0 Å². The summed E-state index contributed by atoms with van der Waals surface area (Å²) in [6, 6.07) is 5.85. The van der Waals surface area contributed by atoms with Crippen LogP contribution < -0.4 is 10.6 Å². The largest absolute Gasteiger partial charge is 0.399 e. The lowest BCUT2D eigenvalue weighted by Gasteiger charge is -2.19. The summed E-state index contributed by atoms with van der Waals surface area (Å²) in [7, 11) is 2.07. The minimum absolute atomic E-state index is 0.354. The molecular weight excluding hydrogens is 246 g/mol. The van der Waals surface area contributed by atoms with Gasteiger partial charge >= 0.3 is 0 Å². The summed E-state index contributed by atoms with van der Waals surface area (Å²) >= 11 is 1.68. The Morgan fingerprint density at radius 1 is 1.56 bits per heavy atom. The highest BCUT2D eigenvalue weighted by Gasteiger charge is 2.19. The summed E-state index contributed by atoms with van der Waals surface area (Å²) in [5.41, 5.74) is 7.59. The highest BCUT2D eigenvalue weighted by atomic mass is 32.1. The number of nitrogen functional groups attached to an aromatic ring is 1. The first-order valence-electron chi connectivity index (χ1n) is 6.21. The van der Waals surface area contributed by atoms with Crippen molar-refractivity contribution >= 4 is 32.4 Å². The second-order valence-corrected chi connectivity index (χ2v) is 5.75. The van der Waals surface area contributed by atoms with E-state index in [1.165, 1.54) is 6.42 Å². The van der Waals surface area contributed by atoms with Crippen LogP contribution in [0.4, 0.5) is 10.8 Å². The third-order valence-electron chi connectivity index (χ3n) is 3.23. The molecule has 1 aliphatic heterocycles. The highest BCUT2D eigenvalue weighted by molar-refractivity contribution is 7.22. The van der Waals surface area contributed by atoms with Gasteiger partial charge in [0.1, 0.15) is 0 Å². The van der Waals surface area contributed by atoms with Gasteiger partial charge in [-0.2, -0.15) is 0 Å². The first-order chi connectivity index (χ1) is 8.72. The van der Waals surface area contributed by atoms with Gasteiger partial charge in [0.2, 0.25) is 0 Å². The first kappa shape index (κ1) is 11.7. The van der Waals surface area contributed by atoms with Crippen molar-refractivity contribution in [3.05, 3.63) is 18.2 Å². The Morgan fingerprint density at radius 3 is 3.22 bits per heavy atom. The third-order valence-corrected chi connectivity index (χ3v) is 4.36. The van der Waals surface area contributed by atoms with Gasteiger partial charge in [-0.05, 0) is 31.0 Å². The van der Waals surface area contributed by atoms with E-state index in [1.54, 1.807) is 11.3 Å². The van der Waals surface area contributed by atoms with Crippen LogP contribution in [0.15, 0.2) is 18.2 Å². The Balaban J connectivity index is 1.80. The zero-order valence-corrected chi connectivity index (χ0v) is 11.2. The second kappa shape index (κ2) is 4.74.